The summed E-state index contributed by atoms with van der Waals surface area (Å²) in [5.74, 6) is 0.529. The largest absolute Gasteiger partial charge is 0.491 e. The number of benzene rings is 2. The Kier molecular flexibility index (Phi) is 8.19. The first-order valence-electron chi connectivity index (χ1n) is 11.9. The van der Waals surface area contributed by atoms with Crippen LogP contribution >= 0.6 is 0 Å². The second-order valence-electron chi connectivity index (χ2n) is 8.76. The minimum absolute atomic E-state index is 0.0585. The Hall–Kier alpha value is -3.06. The number of hydrogen-bond donors (Lipinski definition) is 3. The van der Waals surface area contributed by atoms with Gasteiger partial charge in [-0.25, -0.2) is 0 Å². The summed E-state index contributed by atoms with van der Waals surface area (Å²) in [4.78, 5) is 24.9. The summed E-state index contributed by atoms with van der Waals surface area (Å²) in [5.41, 5.74) is 2.04. The molecule has 1 unspecified atom stereocenters. The van der Waals surface area contributed by atoms with E-state index in [0.29, 0.717) is 17.9 Å². The van der Waals surface area contributed by atoms with Gasteiger partial charge in [-0.05, 0) is 68.1 Å². The zero-order chi connectivity index (χ0) is 22.9. The molecule has 1 saturated heterocycles. The zero-order valence-corrected chi connectivity index (χ0v) is 19.0. The zero-order valence-electron chi connectivity index (χ0n) is 19.0. The van der Waals surface area contributed by atoms with Crippen molar-refractivity contribution >= 4 is 23.2 Å². The third kappa shape index (κ3) is 7.22. The summed E-state index contributed by atoms with van der Waals surface area (Å²) < 4.78 is 11.3. The Morgan fingerprint density at radius 3 is 2.52 bits per heavy atom. The minimum atomic E-state index is -0.167. The van der Waals surface area contributed by atoms with Gasteiger partial charge in [0.25, 0.3) is 5.91 Å². The van der Waals surface area contributed by atoms with Crippen LogP contribution in [-0.4, -0.2) is 43.7 Å². The lowest BCUT2D eigenvalue weighted by molar-refractivity contribution is -0.114. The minimum Gasteiger partial charge on any atom is -0.491 e. The Bertz CT molecular complexity index is 919. The standard InChI is InChI=1S/C26H33N3O4/c30-25(28-21-11-13-23(14-12-21)33-18-24-10-5-15-32-24)17-27-22-9-4-6-19(16-22)26(31)29-20-7-2-1-3-8-20/h4,6,9,11-14,16,20,24,27H,1-3,5,7-8,10,15,17-18H2,(H,28,30)(H,29,31). The maximum Gasteiger partial charge on any atom is 0.251 e. The van der Waals surface area contributed by atoms with Crippen LogP contribution in [0.25, 0.3) is 0 Å². The molecule has 176 valence electrons. The molecule has 1 aliphatic heterocycles. The Morgan fingerprint density at radius 2 is 1.76 bits per heavy atom. The highest BCUT2D eigenvalue weighted by Gasteiger charge is 2.17. The molecule has 2 aliphatic rings. The molecule has 0 radical (unpaired) electrons. The molecule has 7 nitrogen and oxygen atoms in total. The normalized spacial score (nSPS) is 18.5. The smallest absolute Gasteiger partial charge is 0.251 e. The molecule has 4 rings (SSSR count). The highest BCUT2D eigenvalue weighted by atomic mass is 16.5. The molecule has 0 bridgehead atoms. The maximum absolute atomic E-state index is 12.6. The predicted molar refractivity (Wildman–Crippen MR) is 129 cm³/mol. The number of anilines is 2. The highest BCUT2D eigenvalue weighted by molar-refractivity contribution is 5.96. The Morgan fingerprint density at radius 1 is 0.939 bits per heavy atom. The third-order valence-electron chi connectivity index (χ3n) is 6.12. The number of ether oxygens (including phenoxy) is 2. The van der Waals surface area contributed by atoms with Crippen molar-refractivity contribution in [2.45, 2.75) is 57.1 Å². The van der Waals surface area contributed by atoms with Crippen LogP contribution in [0.15, 0.2) is 48.5 Å². The van der Waals surface area contributed by atoms with E-state index >= 15 is 0 Å². The molecule has 2 amide bonds. The highest BCUT2D eigenvalue weighted by Crippen LogP contribution is 2.20. The van der Waals surface area contributed by atoms with Gasteiger partial charge in [-0.1, -0.05) is 25.3 Å². The van der Waals surface area contributed by atoms with Gasteiger partial charge in [0.15, 0.2) is 0 Å². The fourth-order valence-electron chi connectivity index (χ4n) is 4.27. The van der Waals surface area contributed by atoms with Crippen molar-refractivity contribution in [3.63, 3.8) is 0 Å². The fourth-order valence-corrected chi connectivity index (χ4v) is 4.27. The second-order valence-corrected chi connectivity index (χ2v) is 8.76. The molecule has 7 heteroatoms. The van der Waals surface area contributed by atoms with Crippen LogP contribution in [0.5, 0.6) is 5.75 Å². The summed E-state index contributed by atoms with van der Waals surface area (Å²) in [5, 5.41) is 9.09. The van der Waals surface area contributed by atoms with E-state index < -0.39 is 0 Å². The van der Waals surface area contributed by atoms with Gasteiger partial charge in [0, 0.05) is 29.6 Å². The van der Waals surface area contributed by atoms with Gasteiger partial charge in [-0.3, -0.25) is 9.59 Å². The molecule has 2 aromatic rings. The van der Waals surface area contributed by atoms with E-state index in [9.17, 15) is 9.59 Å². The van der Waals surface area contributed by atoms with E-state index in [4.69, 9.17) is 9.47 Å². The quantitative estimate of drug-likeness (QED) is 0.527. The van der Waals surface area contributed by atoms with E-state index in [0.717, 1.165) is 43.7 Å². The second kappa shape index (κ2) is 11.7. The SMILES string of the molecule is O=C(CNc1cccc(C(=O)NC2CCCCC2)c1)Nc1ccc(OCC2CCCO2)cc1. The summed E-state index contributed by atoms with van der Waals surface area (Å²) >= 11 is 0. The summed E-state index contributed by atoms with van der Waals surface area (Å²) in [6.07, 6.45) is 7.99. The number of hydrogen-bond acceptors (Lipinski definition) is 5. The van der Waals surface area contributed by atoms with E-state index in [2.05, 4.69) is 16.0 Å². The summed E-state index contributed by atoms with van der Waals surface area (Å²) in [6.45, 7) is 1.46. The van der Waals surface area contributed by atoms with Crippen LogP contribution in [0.1, 0.15) is 55.3 Å². The summed E-state index contributed by atoms with van der Waals surface area (Å²) in [7, 11) is 0. The van der Waals surface area contributed by atoms with Crippen LogP contribution in [0, 0.1) is 0 Å². The van der Waals surface area contributed by atoms with Crippen LogP contribution in [0.3, 0.4) is 0 Å². The molecule has 33 heavy (non-hydrogen) atoms. The lowest BCUT2D eigenvalue weighted by Gasteiger charge is -2.22. The third-order valence-corrected chi connectivity index (χ3v) is 6.12. The van der Waals surface area contributed by atoms with Gasteiger partial charge >= 0.3 is 0 Å². The molecule has 2 aromatic carbocycles. The van der Waals surface area contributed by atoms with Crippen molar-refractivity contribution in [2.24, 2.45) is 0 Å². The molecule has 1 atom stereocenters. The fraction of sp³-hybridized carbons (Fsp3) is 0.462. The summed E-state index contributed by atoms with van der Waals surface area (Å²) in [6, 6.07) is 14.8. The molecule has 1 aliphatic carbocycles. The van der Waals surface area contributed by atoms with Crippen LogP contribution < -0.4 is 20.7 Å². The monoisotopic (exact) mass is 451 g/mol. The molecule has 0 aromatic heterocycles. The first-order chi connectivity index (χ1) is 16.2. The van der Waals surface area contributed by atoms with E-state index in [-0.39, 0.29) is 30.5 Å². The van der Waals surface area contributed by atoms with Crippen molar-refractivity contribution in [1.29, 1.82) is 0 Å². The first-order valence-corrected chi connectivity index (χ1v) is 11.9. The average molecular weight is 452 g/mol. The predicted octanol–water partition coefficient (Wildman–Crippen LogP) is 4.36. The topological polar surface area (TPSA) is 88.7 Å². The van der Waals surface area contributed by atoms with Crippen molar-refractivity contribution < 1.29 is 19.1 Å². The number of amides is 2. The van der Waals surface area contributed by atoms with Gasteiger partial charge in [-0.15, -0.1) is 0 Å². The number of carbonyl (C=O) groups is 2. The molecule has 0 spiro atoms. The van der Waals surface area contributed by atoms with Crippen LogP contribution in [0.2, 0.25) is 0 Å². The van der Waals surface area contributed by atoms with Gasteiger partial charge < -0.3 is 25.4 Å². The molecule has 3 N–H and O–H groups in total. The van der Waals surface area contributed by atoms with E-state index in [1.807, 2.05) is 36.4 Å². The molecule has 2 fully saturated rings. The molecule has 1 saturated carbocycles. The number of rotatable bonds is 9. The van der Waals surface area contributed by atoms with Crippen molar-refractivity contribution in [3.05, 3.63) is 54.1 Å². The Balaban J connectivity index is 1.21. The molecular weight excluding hydrogens is 418 g/mol. The van der Waals surface area contributed by atoms with Crippen molar-refractivity contribution in [2.75, 3.05) is 30.4 Å². The van der Waals surface area contributed by atoms with Crippen molar-refractivity contribution in [3.8, 4) is 5.75 Å². The van der Waals surface area contributed by atoms with Gasteiger partial charge in [-0.2, -0.15) is 0 Å². The number of nitrogens with one attached hydrogen (secondary N) is 3. The maximum atomic E-state index is 12.6. The van der Waals surface area contributed by atoms with E-state index in [1.165, 1.54) is 19.3 Å². The van der Waals surface area contributed by atoms with Gasteiger partial charge in [0.1, 0.15) is 12.4 Å². The lowest BCUT2D eigenvalue weighted by Crippen LogP contribution is -2.36. The van der Waals surface area contributed by atoms with E-state index in [1.54, 1.807) is 12.1 Å². The first kappa shape index (κ1) is 23.1. The van der Waals surface area contributed by atoms with Crippen molar-refractivity contribution in [1.82, 2.24) is 5.32 Å². The molecular formula is C26H33N3O4. The Labute approximate surface area is 195 Å². The molecule has 1 heterocycles. The van der Waals surface area contributed by atoms with Gasteiger partial charge in [0.2, 0.25) is 5.91 Å². The lowest BCUT2D eigenvalue weighted by atomic mass is 9.95. The van der Waals surface area contributed by atoms with Gasteiger partial charge in [0.05, 0.1) is 12.6 Å². The van der Waals surface area contributed by atoms with Crippen LogP contribution in [-0.2, 0) is 9.53 Å². The number of carbonyl (C=O) groups excluding carboxylic acids is 2. The van der Waals surface area contributed by atoms with Crippen LogP contribution in [0.4, 0.5) is 11.4 Å². The average Bonchev–Trinajstić information content (AvgIpc) is 3.37.